The second-order valence-electron chi connectivity index (χ2n) is 6.78. The lowest BCUT2D eigenvalue weighted by atomic mass is 10.1. The van der Waals surface area contributed by atoms with E-state index in [2.05, 4.69) is 4.72 Å². The van der Waals surface area contributed by atoms with Crippen molar-refractivity contribution in [2.24, 2.45) is 0 Å². The lowest BCUT2D eigenvalue weighted by Gasteiger charge is -2.35. The van der Waals surface area contributed by atoms with Crippen LogP contribution in [-0.4, -0.2) is 87.3 Å². The summed E-state index contributed by atoms with van der Waals surface area (Å²) in [6.45, 7) is 8.95. The van der Waals surface area contributed by atoms with Crippen LogP contribution in [0, 0.1) is 5.82 Å². The average Bonchev–Trinajstić information content (AvgIpc) is 2.69. The fourth-order valence-corrected chi connectivity index (χ4v) is 4.32. The number of benzene rings is 1. The van der Waals surface area contributed by atoms with Crippen LogP contribution >= 0.6 is 0 Å². The molecule has 8 nitrogen and oxygen atoms in total. The molecule has 1 aliphatic rings. The molecule has 0 atom stereocenters. The lowest BCUT2D eigenvalue weighted by molar-refractivity contribution is -0.132. The Bertz CT molecular complexity index is 835. The largest absolute Gasteiger partial charge is 0.342 e. The van der Waals surface area contributed by atoms with Gasteiger partial charge in [-0.2, -0.15) is 0 Å². The first-order valence-corrected chi connectivity index (χ1v) is 11.3. The van der Waals surface area contributed by atoms with E-state index >= 15 is 0 Å². The van der Waals surface area contributed by atoms with Gasteiger partial charge in [0.25, 0.3) is 5.91 Å². The van der Waals surface area contributed by atoms with Crippen LogP contribution in [0.1, 0.15) is 31.1 Å². The number of carbonyl (C=O) groups excluding carboxylic acids is 2. The first-order chi connectivity index (χ1) is 13.7. The molecule has 0 bridgehead atoms. The summed E-state index contributed by atoms with van der Waals surface area (Å²) >= 11 is 0. The second-order valence-corrected chi connectivity index (χ2v) is 8.54. The topological polar surface area (TPSA) is 90.0 Å². The number of hydrogen-bond acceptors (Lipinski definition) is 5. The Hall–Kier alpha value is -2.04. The van der Waals surface area contributed by atoms with Crippen LogP contribution < -0.4 is 4.72 Å². The Morgan fingerprint density at radius 2 is 1.72 bits per heavy atom. The quantitative estimate of drug-likeness (QED) is 0.660. The van der Waals surface area contributed by atoms with Gasteiger partial charge in [0, 0.05) is 45.8 Å². The lowest BCUT2D eigenvalue weighted by Crippen LogP contribution is -2.51. The van der Waals surface area contributed by atoms with E-state index in [0.717, 1.165) is 18.2 Å². The molecule has 1 fully saturated rings. The van der Waals surface area contributed by atoms with Crippen LogP contribution in [0.5, 0.6) is 0 Å². The molecular formula is C19H29FN4O4S. The number of halogens is 1. The predicted octanol–water partition coefficient (Wildman–Crippen LogP) is 0.750. The predicted molar refractivity (Wildman–Crippen MR) is 108 cm³/mol. The molecule has 0 unspecified atom stereocenters. The van der Waals surface area contributed by atoms with E-state index in [4.69, 9.17) is 0 Å². The molecule has 0 radical (unpaired) electrons. The minimum Gasteiger partial charge on any atom is -0.342 e. The summed E-state index contributed by atoms with van der Waals surface area (Å²) in [6.07, 6.45) is 0. The van der Waals surface area contributed by atoms with E-state index < -0.39 is 21.7 Å². The number of piperazine rings is 1. The van der Waals surface area contributed by atoms with Crippen LogP contribution in [-0.2, 0) is 14.8 Å². The Labute approximate surface area is 171 Å². The SMILES string of the molecule is CCNS(=O)(=O)c1ccc(F)c(C(=O)N2CCN(CC(=O)N(CC)CC)CC2)c1. The van der Waals surface area contributed by atoms with Crippen molar-refractivity contribution in [2.75, 3.05) is 52.4 Å². The Kier molecular flexibility index (Phi) is 8.12. The van der Waals surface area contributed by atoms with Gasteiger partial charge in [-0.1, -0.05) is 6.92 Å². The zero-order valence-corrected chi connectivity index (χ0v) is 18.0. The zero-order valence-electron chi connectivity index (χ0n) is 17.1. The van der Waals surface area contributed by atoms with Gasteiger partial charge in [0.2, 0.25) is 15.9 Å². The van der Waals surface area contributed by atoms with Crippen molar-refractivity contribution in [1.29, 1.82) is 0 Å². The summed E-state index contributed by atoms with van der Waals surface area (Å²) in [6, 6.07) is 3.21. The van der Waals surface area contributed by atoms with E-state index in [0.29, 0.717) is 39.3 Å². The molecule has 162 valence electrons. The third-order valence-electron chi connectivity index (χ3n) is 4.95. The third-order valence-corrected chi connectivity index (χ3v) is 6.49. The highest BCUT2D eigenvalue weighted by molar-refractivity contribution is 7.89. The highest BCUT2D eigenvalue weighted by Crippen LogP contribution is 2.18. The normalized spacial score (nSPS) is 15.4. The number of sulfonamides is 1. The summed E-state index contributed by atoms with van der Waals surface area (Å²) in [7, 11) is -3.79. The molecule has 29 heavy (non-hydrogen) atoms. The van der Waals surface area contributed by atoms with Gasteiger partial charge in [-0.3, -0.25) is 14.5 Å². The number of carbonyl (C=O) groups is 2. The molecule has 0 saturated carbocycles. The summed E-state index contributed by atoms with van der Waals surface area (Å²) < 4.78 is 40.9. The summed E-state index contributed by atoms with van der Waals surface area (Å²) in [5.41, 5.74) is -0.267. The minimum absolute atomic E-state index is 0.0437. The van der Waals surface area contributed by atoms with E-state index in [1.807, 2.05) is 18.7 Å². The summed E-state index contributed by atoms with van der Waals surface area (Å²) in [4.78, 5) is 30.1. The van der Waals surface area contributed by atoms with Crippen LogP contribution in [0.4, 0.5) is 4.39 Å². The number of likely N-dealkylation sites (N-methyl/N-ethyl adjacent to an activating group) is 1. The Balaban J connectivity index is 2.05. The van der Waals surface area contributed by atoms with Crippen molar-refractivity contribution in [1.82, 2.24) is 19.4 Å². The molecule has 1 N–H and O–H groups in total. The van der Waals surface area contributed by atoms with Gasteiger partial charge < -0.3 is 9.80 Å². The maximum absolute atomic E-state index is 14.2. The maximum atomic E-state index is 14.2. The monoisotopic (exact) mass is 428 g/mol. The molecule has 0 aromatic heterocycles. The maximum Gasteiger partial charge on any atom is 0.256 e. The zero-order chi connectivity index (χ0) is 21.6. The van der Waals surface area contributed by atoms with Gasteiger partial charge in [-0.15, -0.1) is 0 Å². The van der Waals surface area contributed by atoms with E-state index in [-0.39, 0.29) is 29.5 Å². The van der Waals surface area contributed by atoms with Gasteiger partial charge in [0.15, 0.2) is 0 Å². The van der Waals surface area contributed by atoms with Crippen molar-refractivity contribution in [3.8, 4) is 0 Å². The second kappa shape index (κ2) is 10.1. The van der Waals surface area contributed by atoms with Crippen molar-refractivity contribution in [3.05, 3.63) is 29.6 Å². The van der Waals surface area contributed by atoms with Crippen LogP contribution in [0.25, 0.3) is 0 Å². The van der Waals surface area contributed by atoms with Crippen molar-refractivity contribution >= 4 is 21.8 Å². The molecule has 2 rings (SSSR count). The molecule has 2 amide bonds. The van der Waals surface area contributed by atoms with Crippen LogP contribution in [0.3, 0.4) is 0 Å². The Morgan fingerprint density at radius 3 is 2.28 bits per heavy atom. The molecule has 1 heterocycles. The molecule has 0 spiro atoms. The minimum atomic E-state index is -3.79. The summed E-state index contributed by atoms with van der Waals surface area (Å²) in [5.74, 6) is -1.27. The van der Waals surface area contributed by atoms with Gasteiger partial charge in [0.05, 0.1) is 17.0 Å². The van der Waals surface area contributed by atoms with Crippen LogP contribution in [0.2, 0.25) is 0 Å². The van der Waals surface area contributed by atoms with Crippen molar-refractivity contribution in [2.45, 2.75) is 25.7 Å². The molecule has 1 aromatic rings. The highest BCUT2D eigenvalue weighted by atomic mass is 32.2. The molecule has 10 heteroatoms. The van der Waals surface area contributed by atoms with Gasteiger partial charge >= 0.3 is 0 Å². The first kappa shape index (κ1) is 23.2. The van der Waals surface area contributed by atoms with E-state index in [1.54, 1.807) is 11.8 Å². The molecule has 1 saturated heterocycles. The average molecular weight is 429 g/mol. The van der Waals surface area contributed by atoms with E-state index in [9.17, 15) is 22.4 Å². The fraction of sp³-hybridized carbons (Fsp3) is 0.579. The first-order valence-electron chi connectivity index (χ1n) is 9.82. The number of hydrogen-bond donors (Lipinski definition) is 1. The van der Waals surface area contributed by atoms with Crippen molar-refractivity contribution < 1.29 is 22.4 Å². The molecule has 0 aliphatic carbocycles. The molecule has 1 aromatic carbocycles. The number of amides is 2. The highest BCUT2D eigenvalue weighted by Gasteiger charge is 2.27. The standard InChI is InChI=1S/C19H29FN4O4S/c1-4-21-29(27,28)15-7-8-17(20)16(13-15)19(26)24-11-9-22(10-12-24)14-18(25)23(5-2)6-3/h7-8,13,21H,4-6,9-12,14H2,1-3H3. The third kappa shape index (κ3) is 5.74. The van der Waals surface area contributed by atoms with Crippen molar-refractivity contribution in [3.63, 3.8) is 0 Å². The number of nitrogens with one attached hydrogen (secondary N) is 1. The summed E-state index contributed by atoms with van der Waals surface area (Å²) in [5, 5.41) is 0. The smallest absolute Gasteiger partial charge is 0.256 e. The molecule has 1 aliphatic heterocycles. The van der Waals surface area contributed by atoms with E-state index in [1.165, 1.54) is 4.90 Å². The number of rotatable bonds is 8. The van der Waals surface area contributed by atoms with Gasteiger partial charge in [0.1, 0.15) is 5.82 Å². The van der Waals surface area contributed by atoms with Crippen LogP contribution in [0.15, 0.2) is 23.1 Å². The fourth-order valence-electron chi connectivity index (χ4n) is 3.26. The van der Waals surface area contributed by atoms with Gasteiger partial charge in [-0.25, -0.2) is 17.5 Å². The molecular weight excluding hydrogens is 399 g/mol. The van der Waals surface area contributed by atoms with Gasteiger partial charge in [-0.05, 0) is 32.0 Å². The Morgan fingerprint density at radius 1 is 1.10 bits per heavy atom. The number of nitrogens with zero attached hydrogens (tertiary/aromatic N) is 3.